The normalized spacial score (nSPS) is 31.3. The maximum absolute atomic E-state index is 12.4. The van der Waals surface area contributed by atoms with Crippen LogP contribution < -0.4 is 10.6 Å². The molecule has 0 saturated carbocycles. The molecule has 4 rings (SSSR count). The fourth-order valence-corrected chi connectivity index (χ4v) is 4.48. The standard InChI is InChI=1S/C17H23N3O/c21-16-14-11-20(10-13-4-2-1-3-5-13)12-15(14)17(19-16)6-8-18-9-7-17/h1-5,14-15,18H,6-12H2,(H,19,21)/t14-,15+/m1/s1. The smallest absolute Gasteiger partial charge is 0.225 e. The van der Waals surface area contributed by atoms with Crippen LogP contribution in [0.4, 0.5) is 0 Å². The number of hydrogen-bond acceptors (Lipinski definition) is 3. The summed E-state index contributed by atoms with van der Waals surface area (Å²) < 4.78 is 0. The molecule has 3 aliphatic heterocycles. The molecule has 3 fully saturated rings. The third kappa shape index (κ3) is 2.27. The van der Waals surface area contributed by atoms with Gasteiger partial charge in [0.25, 0.3) is 0 Å². The molecule has 2 N–H and O–H groups in total. The summed E-state index contributed by atoms with van der Waals surface area (Å²) in [6.45, 7) is 5.00. The Labute approximate surface area is 125 Å². The highest BCUT2D eigenvalue weighted by Gasteiger charge is 2.56. The molecular formula is C17H23N3O. The number of carbonyl (C=O) groups excluding carboxylic acids is 1. The first-order chi connectivity index (χ1) is 10.3. The molecule has 3 aliphatic rings. The summed E-state index contributed by atoms with van der Waals surface area (Å²) in [7, 11) is 0. The molecule has 0 bridgehead atoms. The van der Waals surface area contributed by atoms with E-state index in [4.69, 9.17) is 0 Å². The van der Waals surface area contributed by atoms with Gasteiger partial charge in [-0.1, -0.05) is 30.3 Å². The lowest BCUT2D eigenvalue weighted by Crippen LogP contribution is -2.54. The first-order valence-electron chi connectivity index (χ1n) is 8.06. The van der Waals surface area contributed by atoms with Crippen molar-refractivity contribution in [3.05, 3.63) is 35.9 Å². The van der Waals surface area contributed by atoms with Gasteiger partial charge in [0.15, 0.2) is 0 Å². The number of likely N-dealkylation sites (tertiary alicyclic amines) is 1. The summed E-state index contributed by atoms with van der Waals surface area (Å²) in [6, 6.07) is 10.6. The topological polar surface area (TPSA) is 44.4 Å². The highest BCUT2D eigenvalue weighted by molar-refractivity contribution is 5.83. The minimum absolute atomic E-state index is 0.0679. The second-order valence-electron chi connectivity index (χ2n) is 6.79. The van der Waals surface area contributed by atoms with Crippen LogP contribution in [0.25, 0.3) is 0 Å². The molecule has 1 aromatic carbocycles. The van der Waals surface area contributed by atoms with Crippen molar-refractivity contribution in [3.63, 3.8) is 0 Å². The minimum atomic E-state index is 0.0679. The van der Waals surface area contributed by atoms with Crippen molar-refractivity contribution in [1.29, 1.82) is 0 Å². The molecule has 3 saturated heterocycles. The highest BCUT2D eigenvalue weighted by Crippen LogP contribution is 2.43. The maximum Gasteiger partial charge on any atom is 0.225 e. The number of hydrogen-bond donors (Lipinski definition) is 2. The van der Waals surface area contributed by atoms with Crippen LogP contribution >= 0.6 is 0 Å². The molecule has 0 aromatic heterocycles. The molecular weight excluding hydrogens is 262 g/mol. The molecule has 4 nitrogen and oxygen atoms in total. The lowest BCUT2D eigenvalue weighted by molar-refractivity contribution is -0.123. The SMILES string of the molecule is O=C1NC2(CCNCC2)[C@H]2CN(Cc3ccccc3)C[C@@H]12. The van der Waals surface area contributed by atoms with E-state index in [1.807, 2.05) is 0 Å². The number of piperidine rings is 1. The van der Waals surface area contributed by atoms with E-state index in [-0.39, 0.29) is 17.4 Å². The van der Waals surface area contributed by atoms with Gasteiger partial charge < -0.3 is 10.6 Å². The molecule has 3 heterocycles. The van der Waals surface area contributed by atoms with E-state index >= 15 is 0 Å². The van der Waals surface area contributed by atoms with Gasteiger partial charge in [-0.3, -0.25) is 9.69 Å². The molecule has 1 spiro atoms. The fourth-order valence-electron chi connectivity index (χ4n) is 4.48. The zero-order valence-corrected chi connectivity index (χ0v) is 12.3. The number of nitrogens with zero attached hydrogens (tertiary/aromatic N) is 1. The fraction of sp³-hybridized carbons (Fsp3) is 0.588. The van der Waals surface area contributed by atoms with Crippen LogP contribution in [-0.4, -0.2) is 42.5 Å². The van der Waals surface area contributed by atoms with E-state index in [0.717, 1.165) is 45.6 Å². The van der Waals surface area contributed by atoms with Crippen molar-refractivity contribution in [2.24, 2.45) is 11.8 Å². The number of fused-ring (bicyclic) bond motifs is 2. The largest absolute Gasteiger partial charge is 0.350 e. The Kier molecular flexibility index (Phi) is 3.23. The average molecular weight is 285 g/mol. The van der Waals surface area contributed by atoms with Crippen molar-refractivity contribution in [2.45, 2.75) is 24.9 Å². The lowest BCUT2D eigenvalue weighted by Gasteiger charge is -2.38. The van der Waals surface area contributed by atoms with E-state index < -0.39 is 0 Å². The van der Waals surface area contributed by atoms with Crippen molar-refractivity contribution in [2.75, 3.05) is 26.2 Å². The summed E-state index contributed by atoms with van der Waals surface area (Å²) in [5.41, 5.74) is 1.41. The predicted molar refractivity (Wildman–Crippen MR) is 81.7 cm³/mol. The third-order valence-electron chi connectivity index (χ3n) is 5.56. The van der Waals surface area contributed by atoms with Crippen LogP contribution in [0.15, 0.2) is 30.3 Å². The Hall–Kier alpha value is -1.39. The second kappa shape index (κ2) is 5.11. The van der Waals surface area contributed by atoms with Crippen molar-refractivity contribution in [1.82, 2.24) is 15.5 Å². The van der Waals surface area contributed by atoms with E-state index in [2.05, 4.69) is 45.9 Å². The van der Waals surface area contributed by atoms with Crippen LogP contribution in [0.5, 0.6) is 0 Å². The predicted octanol–water partition coefficient (Wildman–Crippen LogP) is 0.987. The average Bonchev–Trinajstić information content (AvgIpc) is 3.02. The quantitative estimate of drug-likeness (QED) is 0.851. The van der Waals surface area contributed by atoms with Gasteiger partial charge in [0.05, 0.1) is 5.92 Å². The number of carbonyl (C=O) groups is 1. The molecule has 1 amide bonds. The summed E-state index contributed by atoms with van der Waals surface area (Å²) in [5.74, 6) is 0.986. The van der Waals surface area contributed by atoms with Crippen molar-refractivity contribution >= 4 is 5.91 Å². The number of rotatable bonds is 2. The zero-order chi connectivity index (χ0) is 14.3. The summed E-state index contributed by atoms with van der Waals surface area (Å²) >= 11 is 0. The zero-order valence-electron chi connectivity index (χ0n) is 12.3. The van der Waals surface area contributed by atoms with Crippen molar-refractivity contribution < 1.29 is 4.79 Å². The molecule has 1 aromatic rings. The molecule has 0 unspecified atom stereocenters. The summed E-state index contributed by atoms with van der Waals surface area (Å²) in [4.78, 5) is 14.8. The van der Waals surface area contributed by atoms with Crippen molar-refractivity contribution in [3.8, 4) is 0 Å². The van der Waals surface area contributed by atoms with Gasteiger partial charge in [-0.15, -0.1) is 0 Å². The van der Waals surface area contributed by atoms with Crippen LogP contribution in [0.2, 0.25) is 0 Å². The van der Waals surface area contributed by atoms with Gasteiger partial charge in [-0.25, -0.2) is 0 Å². The van der Waals surface area contributed by atoms with E-state index in [1.54, 1.807) is 0 Å². The number of nitrogens with one attached hydrogen (secondary N) is 2. The maximum atomic E-state index is 12.4. The van der Waals surface area contributed by atoms with Gasteiger partial charge in [0, 0.05) is 31.1 Å². The second-order valence-corrected chi connectivity index (χ2v) is 6.79. The Morgan fingerprint density at radius 3 is 2.67 bits per heavy atom. The number of benzene rings is 1. The van der Waals surface area contributed by atoms with Gasteiger partial charge in [-0.2, -0.15) is 0 Å². The summed E-state index contributed by atoms with van der Waals surface area (Å²) in [6.07, 6.45) is 2.16. The van der Waals surface area contributed by atoms with E-state index in [1.165, 1.54) is 5.56 Å². The molecule has 0 aliphatic carbocycles. The lowest BCUT2D eigenvalue weighted by atomic mass is 9.76. The Bertz CT molecular complexity index is 524. The van der Waals surface area contributed by atoms with E-state index in [0.29, 0.717) is 5.92 Å². The molecule has 0 radical (unpaired) electrons. The first-order valence-corrected chi connectivity index (χ1v) is 8.06. The molecule has 2 atom stereocenters. The van der Waals surface area contributed by atoms with Crippen LogP contribution in [0.3, 0.4) is 0 Å². The van der Waals surface area contributed by atoms with Gasteiger partial charge in [0.2, 0.25) is 5.91 Å². The van der Waals surface area contributed by atoms with Gasteiger partial charge >= 0.3 is 0 Å². The third-order valence-corrected chi connectivity index (χ3v) is 5.56. The molecule has 21 heavy (non-hydrogen) atoms. The Morgan fingerprint density at radius 2 is 1.90 bits per heavy atom. The van der Waals surface area contributed by atoms with Crippen LogP contribution in [0.1, 0.15) is 18.4 Å². The first kappa shape index (κ1) is 13.3. The van der Waals surface area contributed by atoms with Gasteiger partial charge in [0.1, 0.15) is 0 Å². The minimum Gasteiger partial charge on any atom is -0.350 e. The summed E-state index contributed by atoms with van der Waals surface area (Å²) in [5, 5.41) is 6.77. The Morgan fingerprint density at radius 1 is 1.14 bits per heavy atom. The van der Waals surface area contributed by atoms with Gasteiger partial charge in [-0.05, 0) is 31.5 Å². The van der Waals surface area contributed by atoms with Crippen LogP contribution in [0, 0.1) is 11.8 Å². The number of amides is 1. The Balaban J connectivity index is 1.50. The van der Waals surface area contributed by atoms with Crippen LogP contribution in [-0.2, 0) is 11.3 Å². The molecule has 112 valence electrons. The molecule has 4 heteroatoms. The van der Waals surface area contributed by atoms with E-state index in [9.17, 15) is 4.79 Å². The highest BCUT2D eigenvalue weighted by atomic mass is 16.2. The monoisotopic (exact) mass is 285 g/mol.